The highest BCUT2D eigenvalue weighted by Crippen LogP contribution is 2.35. The van der Waals surface area contributed by atoms with E-state index in [-0.39, 0.29) is 29.0 Å². The lowest BCUT2D eigenvalue weighted by atomic mass is 9.73. The fourth-order valence-electron chi connectivity index (χ4n) is 3.26. The second kappa shape index (κ2) is 7.64. The highest BCUT2D eigenvalue weighted by Gasteiger charge is 2.36. The Labute approximate surface area is 135 Å². The average Bonchev–Trinajstić information content (AvgIpc) is 2.39. The van der Waals surface area contributed by atoms with Gasteiger partial charge in [-0.2, -0.15) is 0 Å². The lowest BCUT2D eigenvalue weighted by molar-refractivity contribution is 0.00296. The summed E-state index contributed by atoms with van der Waals surface area (Å²) in [7, 11) is 4.08. The average molecular weight is 313 g/mol. The molecule has 2 amide bonds. The van der Waals surface area contributed by atoms with Crippen LogP contribution in [0.5, 0.6) is 0 Å². The summed E-state index contributed by atoms with van der Waals surface area (Å²) in [5.41, 5.74) is -0.201. The van der Waals surface area contributed by atoms with Crippen molar-refractivity contribution in [2.24, 2.45) is 10.8 Å². The van der Waals surface area contributed by atoms with Crippen LogP contribution in [0.1, 0.15) is 53.4 Å². The third kappa shape index (κ3) is 5.43. The molecule has 0 aromatic heterocycles. The van der Waals surface area contributed by atoms with E-state index in [2.05, 4.69) is 36.3 Å². The summed E-state index contributed by atoms with van der Waals surface area (Å²) in [5, 5.41) is 16.2. The van der Waals surface area contributed by atoms with Gasteiger partial charge >= 0.3 is 6.03 Å². The molecule has 0 saturated heterocycles. The molecule has 130 valence electrons. The van der Waals surface area contributed by atoms with Gasteiger partial charge in [0, 0.05) is 24.5 Å². The first-order chi connectivity index (χ1) is 10.1. The lowest BCUT2D eigenvalue weighted by Gasteiger charge is -2.39. The van der Waals surface area contributed by atoms with Crippen molar-refractivity contribution >= 4 is 6.03 Å². The number of rotatable bonds is 6. The minimum Gasteiger partial charge on any atom is -0.392 e. The monoisotopic (exact) mass is 313 g/mol. The lowest BCUT2D eigenvalue weighted by Crippen LogP contribution is -2.53. The highest BCUT2D eigenvalue weighted by atomic mass is 16.3. The van der Waals surface area contributed by atoms with Gasteiger partial charge in [0.05, 0.1) is 6.10 Å². The Kier molecular flexibility index (Phi) is 6.68. The van der Waals surface area contributed by atoms with Crippen molar-refractivity contribution in [1.29, 1.82) is 0 Å². The number of aliphatic hydroxyl groups excluding tert-OH is 1. The first-order valence-corrected chi connectivity index (χ1v) is 8.44. The van der Waals surface area contributed by atoms with E-state index in [9.17, 15) is 9.90 Å². The topological polar surface area (TPSA) is 64.6 Å². The molecule has 5 nitrogen and oxygen atoms in total. The summed E-state index contributed by atoms with van der Waals surface area (Å²) < 4.78 is 0. The number of urea groups is 1. The standard InChI is InChI=1S/C17H35N3O2/c1-13(16(2,3)12-20(5)6)19-15(22)18-11-17(4)10-8-7-9-14(17)21/h13-14,21H,7-12H2,1-6H3,(H2,18,19,22). The van der Waals surface area contributed by atoms with Crippen molar-refractivity contribution < 1.29 is 9.90 Å². The van der Waals surface area contributed by atoms with Gasteiger partial charge in [0.15, 0.2) is 0 Å². The zero-order chi connectivity index (χ0) is 17.0. The van der Waals surface area contributed by atoms with Crippen LogP contribution in [0.15, 0.2) is 0 Å². The van der Waals surface area contributed by atoms with E-state index < -0.39 is 0 Å². The number of aliphatic hydroxyl groups is 1. The largest absolute Gasteiger partial charge is 0.392 e. The van der Waals surface area contributed by atoms with Gasteiger partial charge < -0.3 is 20.6 Å². The van der Waals surface area contributed by atoms with E-state index in [1.807, 2.05) is 21.0 Å². The molecule has 1 saturated carbocycles. The van der Waals surface area contributed by atoms with Crippen LogP contribution in [0, 0.1) is 10.8 Å². The first kappa shape index (κ1) is 19.2. The molecule has 1 fully saturated rings. The molecular formula is C17H35N3O2. The van der Waals surface area contributed by atoms with Crippen LogP contribution in [-0.2, 0) is 0 Å². The summed E-state index contributed by atoms with van der Waals surface area (Å²) in [4.78, 5) is 14.3. The SMILES string of the molecule is CC(NC(=O)NCC1(C)CCCCC1O)C(C)(C)CN(C)C. The second-order valence-corrected chi connectivity index (χ2v) is 8.19. The van der Waals surface area contributed by atoms with Gasteiger partial charge in [0.25, 0.3) is 0 Å². The van der Waals surface area contributed by atoms with Crippen molar-refractivity contribution in [2.45, 2.75) is 65.5 Å². The maximum absolute atomic E-state index is 12.2. The smallest absolute Gasteiger partial charge is 0.315 e. The van der Waals surface area contributed by atoms with Crippen LogP contribution < -0.4 is 10.6 Å². The van der Waals surface area contributed by atoms with E-state index in [1.165, 1.54) is 0 Å². The number of hydrogen-bond acceptors (Lipinski definition) is 3. The zero-order valence-electron chi connectivity index (χ0n) is 15.2. The summed E-state index contributed by atoms with van der Waals surface area (Å²) in [6.07, 6.45) is 3.70. The Morgan fingerprint density at radius 1 is 1.41 bits per heavy atom. The number of amides is 2. The normalized spacial score (nSPS) is 27.5. The van der Waals surface area contributed by atoms with Crippen molar-refractivity contribution in [1.82, 2.24) is 15.5 Å². The molecule has 1 aliphatic carbocycles. The summed E-state index contributed by atoms with van der Waals surface area (Å²) in [6.45, 7) is 9.86. The van der Waals surface area contributed by atoms with E-state index in [0.717, 1.165) is 32.2 Å². The molecule has 5 heteroatoms. The Hall–Kier alpha value is -0.810. The van der Waals surface area contributed by atoms with Crippen LogP contribution in [-0.4, -0.2) is 55.4 Å². The van der Waals surface area contributed by atoms with E-state index in [0.29, 0.717) is 6.54 Å². The Bertz CT molecular complexity index is 371. The van der Waals surface area contributed by atoms with Crippen molar-refractivity contribution in [3.63, 3.8) is 0 Å². The first-order valence-electron chi connectivity index (χ1n) is 8.44. The van der Waals surface area contributed by atoms with Crippen LogP contribution in [0.25, 0.3) is 0 Å². The van der Waals surface area contributed by atoms with E-state index in [4.69, 9.17) is 0 Å². The minimum absolute atomic E-state index is 0.00487. The van der Waals surface area contributed by atoms with Crippen molar-refractivity contribution in [3.05, 3.63) is 0 Å². The molecule has 0 aromatic rings. The van der Waals surface area contributed by atoms with Gasteiger partial charge in [-0.3, -0.25) is 0 Å². The fraction of sp³-hybridized carbons (Fsp3) is 0.941. The molecule has 1 aliphatic rings. The Morgan fingerprint density at radius 2 is 2.05 bits per heavy atom. The van der Waals surface area contributed by atoms with Gasteiger partial charge in [-0.1, -0.05) is 33.6 Å². The molecule has 0 bridgehead atoms. The maximum atomic E-state index is 12.2. The third-order valence-corrected chi connectivity index (χ3v) is 5.18. The molecule has 22 heavy (non-hydrogen) atoms. The molecule has 3 unspecified atom stereocenters. The molecule has 1 rings (SSSR count). The summed E-state index contributed by atoms with van der Waals surface area (Å²) >= 11 is 0. The Morgan fingerprint density at radius 3 is 2.59 bits per heavy atom. The van der Waals surface area contributed by atoms with Gasteiger partial charge in [-0.15, -0.1) is 0 Å². The minimum atomic E-state index is -0.316. The molecule has 3 N–H and O–H groups in total. The fourth-order valence-corrected chi connectivity index (χ4v) is 3.26. The van der Waals surface area contributed by atoms with Crippen LogP contribution in [0.2, 0.25) is 0 Å². The summed E-state index contributed by atoms with van der Waals surface area (Å²) in [5.74, 6) is 0. The second-order valence-electron chi connectivity index (χ2n) is 8.19. The van der Waals surface area contributed by atoms with Gasteiger partial charge in [-0.05, 0) is 39.3 Å². The van der Waals surface area contributed by atoms with Gasteiger partial charge in [-0.25, -0.2) is 4.79 Å². The molecule has 0 aliphatic heterocycles. The third-order valence-electron chi connectivity index (χ3n) is 5.18. The molecule has 0 heterocycles. The molecule has 0 spiro atoms. The van der Waals surface area contributed by atoms with Crippen LogP contribution >= 0.6 is 0 Å². The number of hydrogen-bond donors (Lipinski definition) is 3. The predicted molar refractivity (Wildman–Crippen MR) is 90.9 cm³/mol. The van der Waals surface area contributed by atoms with Gasteiger partial charge in [0.1, 0.15) is 0 Å². The van der Waals surface area contributed by atoms with Crippen molar-refractivity contribution in [2.75, 3.05) is 27.2 Å². The summed E-state index contributed by atoms with van der Waals surface area (Å²) in [6, 6.07) is -0.0719. The Balaban J connectivity index is 2.45. The van der Waals surface area contributed by atoms with Crippen LogP contribution in [0.3, 0.4) is 0 Å². The number of nitrogens with one attached hydrogen (secondary N) is 2. The van der Waals surface area contributed by atoms with Gasteiger partial charge in [0.2, 0.25) is 0 Å². The molecular weight excluding hydrogens is 278 g/mol. The molecule has 0 radical (unpaired) electrons. The number of nitrogens with zero attached hydrogens (tertiary/aromatic N) is 1. The van der Waals surface area contributed by atoms with Crippen LogP contribution in [0.4, 0.5) is 4.79 Å². The van der Waals surface area contributed by atoms with E-state index in [1.54, 1.807) is 0 Å². The zero-order valence-corrected chi connectivity index (χ0v) is 15.2. The number of carbonyl (C=O) groups excluding carboxylic acids is 1. The maximum Gasteiger partial charge on any atom is 0.315 e. The number of carbonyl (C=O) groups is 1. The molecule has 0 aromatic carbocycles. The van der Waals surface area contributed by atoms with Crippen molar-refractivity contribution in [3.8, 4) is 0 Å². The van der Waals surface area contributed by atoms with E-state index >= 15 is 0 Å². The highest BCUT2D eigenvalue weighted by molar-refractivity contribution is 5.74. The predicted octanol–water partition coefficient (Wildman–Crippen LogP) is 2.20. The quantitative estimate of drug-likeness (QED) is 0.704. The molecule has 3 atom stereocenters.